The number of carbonyl (C=O) groups excluding carboxylic acids is 1. The molecule has 0 amide bonds. The van der Waals surface area contributed by atoms with E-state index in [1.165, 1.54) is 39.2 Å². The summed E-state index contributed by atoms with van der Waals surface area (Å²) in [6.45, 7) is 2.04. The third-order valence-corrected chi connectivity index (χ3v) is 4.34. The Hall–Kier alpha value is -0.570. The first-order chi connectivity index (χ1) is 8.16. The van der Waals surface area contributed by atoms with Gasteiger partial charge in [0.15, 0.2) is 0 Å². The van der Waals surface area contributed by atoms with E-state index in [-0.39, 0.29) is 11.4 Å². The molecule has 2 rings (SSSR count). The maximum Gasteiger partial charge on any atom is 0.313 e. The monoisotopic (exact) mass is 239 g/mol. The predicted octanol–water partition coefficient (Wildman–Crippen LogP) is 2.45. The van der Waals surface area contributed by atoms with Gasteiger partial charge in [0.25, 0.3) is 0 Å². The summed E-state index contributed by atoms with van der Waals surface area (Å²) in [5.74, 6) is 0.843. The van der Waals surface area contributed by atoms with Gasteiger partial charge < -0.3 is 9.64 Å². The van der Waals surface area contributed by atoms with E-state index in [4.69, 9.17) is 4.74 Å². The van der Waals surface area contributed by atoms with Gasteiger partial charge in [0.2, 0.25) is 0 Å². The van der Waals surface area contributed by atoms with Crippen molar-refractivity contribution in [3.8, 4) is 0 Å². The largest absolute Gasteiger partial charge is 0.469 e. The number of hydrogen-bond acceptors (Lipinski definition) is 3. The number of hydrogen-bond donors (Lipinski definition) is 0. The Morgan fingerprint density at radius 1 is 1.29 bits per heavy atom. The topological polar surface area (TPSA) is 29.5 Å². The van der Waals surface area contributed by atoms with E-state index in [0.29, 0.717) is 0 Å². The maximum atomic E-state index is 11.7. The minimum absolute atomic E-state index is 0.00649. The van der Waals surface area contributed by atoms with Crippen molar-refractivity contribution in [2.75, 3.05) is 27.2 Å². The predicted molar refractivity (Wildman–Crippen MR) is 67.8 cm³/mol. The fourth-order valence-electron chi connectivity index (χ4n) is 3.19. The number of ether oxygens (including phenoxy) is 1. The second-order valence-electron chi connectivity index (χ2n) is 5.97. The molecular weight excluding hydrogens is 214 g/mol. The molecule has 3 nitrogen and oxygen atoms in total. The van der Waals surface area contributed by atoms with Crippen LogP contribution < -0.4 is 0 Å². The van der Waals surface area contributed by atoms with Crippen molar-refractivity contribution in [1.29, 1.82) is 0 Å². The fraction of sp³-hybridized carbons (Fsp3) is 0.929. The first kappa shape index (κ1) is 12.9. The van der Waals surface area contributed by atoms with Crippen molar-refractivity contribution in [2.24, 2.45) is 11.3 Å². The number of nitrogens with zero attached hydrogens (tertiary/aromatic N) is 1. The zero-order chi connectivity index (χ0) is 12.3. The van der Waals surface area contributed by atoms with Gasteiger partial charge in [0.1, 0.15) is 0 Å². The summed E-state index contributed by atoms with van der Waals surface area (Å²) in [5, 5.41) is 0. The van der Waals surface area contributed by atoms with E-state index in [1.54, 1.807) is 0 Å². The average Bonchev–Trinajstić information content (AvgIpc) is 3.10. The van der Waals surface area contributed by atoms with Crippen LogP contribution in [0, 0.1) is 11.3 Å². The molecular formula is C14H25NO2. The van der Waals surface area contributed by atoms with Crippen LogP contribution in [0.5, 0.6) is 0 Å². The molecule has 0 aromatic carbocycles. The van der Waals surface area contributed by atoms with Crippen molar-refractivity contribution in [2.45, 2.75) is 44.9 Å². The lowest BCUT2D eigenvalue weighted by molar-refractivity contribution is -0.147. The Morgan fingerprint density at radius 2 is 1.94 bits per heavy atom. The van der Waals surface area contributed by atoms with E-state index >= 15 is 0 Å². The molecule has 2 fully saturated rings. The van der Waals surface area contributed by atoms with Gasteiger partial charge in [-0.15, -0.1) is 0 Å². The first-order valence-corrected chi connectivity index (χ1v) is 6.93. The van der Waals surface area contributed by atoms with Crippen molar-refractivity contribution in [1.82, 2.24) is 4.90 Å². The summed E-state index contributed by atoms with van der Waals surface area (Å²) >= 11 is 0. The van der Waals surface area contributed by atoms with Gasteiger partial charge in [-0.2, -0.15) is 0 Å². The van der Waals surface area contributed by atoms with E-state index in [1.807, 2.05) is 0 Å². The third kappa shape index (κ3) is 3.21. The Kier molecular flexibility index (Phi) is 4.08. The molecule has 2 aliphatic rings. The molecule has 3 heteroatoms. The van der Waals surface area contributed by atoms with Crippen LogP contribution in [0.2, 0.25) is 0 Å². The van der Waals surface area contributed by atoms with Crippen molar-refractivity contribution in [3.05, 3.63) is 0 Å². The molecule has 98 valence electrons. The van der Waals surface area contributed by atoms with Gasteiger partial charge in [-0.05, 0) is 38.6 Å². The minimum Gasteiger partial charge on any atom is -0.469 e. The van der Waals surface area contributed by atoms with Crippen LogP contribution in [0.3, 0.4) is 0 Å². The molecule has 0 aliphatic heterocycles. The third-order valence-electron chi connectivity index (χ3n) is 4.34. The summed E-state index contributed by atoms with van der Waals surface area (Å²) < 4.78 is 4.90. The molecule has 0 aromatic heterocycles. The highest BCUT2D eigenvalue weighted by Crippen LogP contribution is 2.47. The van der Waals surface area contributed by atoms with Gasteiger partial charge in [-0.1, -0.05) is 19.3 Å². The fourth-order valence-corrected chi connectivity index (χ4v) is 3.19. The molecule has 0 radical (unpaired) electrons. The highest BCUT2D eigenvalue weighted by Gasteiger charge is 2.51. The number of carbonyl (C=O) groups is 1. The standard InChI is InChI=1S/C14H25NO2/c1-15(10-12-6-4-3-5-7-12)11-14(8-9-14)13(16)17-2/h12H,3-11H2,1-2H3. The van der Waals surface area contributed by atoms with Gasteiger partial charge in [0, 0.05) is 13.1 Å². The van der Waals surface area contributed by atoms with Crippen molar-refractivity contribution in [3.63, 3.8) is 0 Å². The minimum atomic E-state index is -0.155. The van der Waals surface area contributed by atoms with Crippen molar-refractivity contribution >= 4 is 5.97 Å². The van der Waals surface area contributed by atoms with Gasteiger partial charge >= 0.3 is 5.97 Å². The Bertz CT molecular complexity index is 267. The molecule has 0 N–H and O–H groups in total. The lowest BCUT2D eigenvalue weighted by Crippen LogP contribution is -2.36. The summed E-state index contributed by atoms with van der Waals surface area (Å²) in [5.41, 5.74) is -0.155. The van der Waals surface area contributed by atoms with Crippen LogP contribution in [-0.4, -0.2) is 38.1 Å². The highest BCUT2D eigenvalue weighted by molar-refractivity contribution is 5.80. The SMILES string of the molecule is COC(=O)C1(CN(C)CC2CCCCC2)CC1. The van der Waals surface area contributed by atoms with E-state index in [0.717, 1.165) is 31.8 Å². The lowest BCUT2D eigenvalue weighted by atomic mass is 9.89. The molecule has 0 heterocycles. The molecule has 0 bridgehead atoms. The van der Waals surface area contributed by atoms with Crippen LogP contribution in [0.1, 0.15) is 44.9 Å². The van der Waals surface area contributed by atoms with Crippen LogP contribution in [0.15, 0.2) is 0 Å². The number of methoxy groups -OCH3 is 1. The molecule has 2 saturated carbocycles. The summed E-state index contributed by atoms with van der Waals surface area (Å²) in [6, 6.07) is 0. The molecule has 17 heavy (non-hydrogen) atoms. The van der Waals surface area contributed by atoms with E-state index in [2.05, 4.69) is 11.9 Å². The second kappa shape index (κ2) is 5.38. The zero-order valence-electron chi connectivity index (χ0n) is 11.2. The smallest absolute Gasteiger partial charge is 0.313 e. The average molecular weight is 239 g/mol. The summed E-state index contributed by atoms with van der Waals surface area (Å²) in [7, 11) is 3.65. The summed E-state index contributed by atoms with van der Waals surface area (Å²) in [6.07, 6.45) is 8.95. The number of rotatable bonds is 5. The molecule has 0 spiro atoms. The maximum absolute atomic E-state index is 11.7. The normalized spacial score (nSPS) is 23.7. The molecule has 0 aromatic rings. The van der Waals surface area contributed by atoms with E-state index < -0.39 is 0 Å². The van der Waals surface area contributed by atoms with Crippen LogP contribution in [0.4, 0.5) is 0 Å². The Balaban J connectivity index is 1.76. The Labute approximate surface area is 105 Å². The highest BCUT2D eigenvalue weighted by atomic mass is 16.5. The molecule has 0 saturated heterocycles. The number of esters is 1. The second-order valence-corrected chi connectivity index (χ2v) is 5.97. The zero-order valence-corrected chi connectivity index (χ0v) is 11.2. The quantitative estimate of drug-likeness (QED) is 0.690. The van der Waals surface area contributed by atoms with Gasteiger partial charge in [-0.25, -0.2) is 0 Å². The van der Waals surface area contributed by atoms with E-state index in [9.17, 15) is 4.79 Å². The molecule has 0 unspecified atom stereocenters. The van der Waals surface area contributed by atoms with Gasteiger partial charge in [-0.3, -0.25) is 4.79 Å². The molecule has 2 aliphatic carbocycles. The lowest BCUT2D eigenvalue weighted by Gasteiger charge is -2.28. The Morgan fingerprint density at radius 3 is 2.47 bits per heavy atom. The van der Waals surface area contributed by atoms with Crippen LogP contribution in [0.25, 0.3) is 0 Å². The summed E-state index contributed by atoms with van der Waals surface area (Å²) in [4.78, 5) is 14.0. The van der Waals surface area contributed by atoms with Crippen LogP contribution >= 0.6 is 0 Å². The first-order valence-electron chi connectivity index (χ1n) is 6.93. The van der Waals surface area contributed by atoms with Crippen LogP contribution in [-0.2, 0) is 9.53 Å². The van der Waals surface area contributed by atoms with Gasteiger partial charge in [0.05, 0.1) is 12.5 Å². The molecule has 0 atom stereocenters. The van der Waals surface area contributed by atoms with Crippen molar-refractivity contribution < 1.29 is 9.53 Å².